The number of hydrogen-bond acceptors (Lipinski definition) is 2. The van der Waals surface area contributed by atoms with Gasteiger partial charge in [0.2, 0.25) is 0 Å². The molecule has 1 aromatic heterocycles. The smallest absolute Gasteiger partial charge is 0.398 e. The molecule has 0 aromatic carbocycles. The molecule has 0 bridgehead atoms. The minimum atomic E-state index is -4.24. The lowest BCUT2D eigenvalue weighted by Gasteiger charge is -2.17. The molecule has 1 atom stereocenters. The summed E-state index contributed by atoms with van der Waals surface area (Å²) in [4.78, 5) is 0. The van der Waals surface area contributed by atoms with Crippen LogP contribution in [0.25, 0.3) is 0 Å². The SMILES string of the molecule is CNCCC(c1ccco1)C(F)(F)F. The molecular formula is C9H12F3NO. The average molecular weight is 207 g/mol. The van der Waals surface area contributed by atoms with Crippen LogP contribution in [-0.4, -0.2) is 19.8 Å². The molecule has 1 unspecified atom stereocenters. The normalized spacial score (nSPS) is 14.3. The maximum atomic E-state index is 12.5. The number of rotatable bonds is 4. The van der Waals surface area contributed by atoms with Crippen LogP contribution in [0.1, 0.15) is 18.1 Å². The predicted octanol–water partition coefficient (Wildman–Crippen LogP) is 2.54. The van der Waals surface area contributed by atoms with E-state index in [-0.39, 0.29) is 12.2 Å². The molecule has 0 aliphatic rings. The maximum Gasteiger partial charge on any atom is 0.398 e. The van der Waals surface area contributed by atoms with Crippen molar-refractivity contribution in [1.29, 1.82) is 0 Å². The predicted molar refractivity (Wildman–Crippen MR) is 46.0 cm³/mol. The zero-order valence-electron chi connectivity index (χ0n) is 7.77. The third kappa shape index (κ3) is 2.77. The Labute approximate surface area is 80.1 Å². The van der Waals surface area contributed by atoms with E-state index in [0.29, 0.717) is 6.54 Å². The molecule has 1 N–H and O–H groups in total. The molecule has 2 nitrogen and oxygen atoms in total. The van der Waals surface area contributed by atoms with Gasteiger partial charge in [0.1, 0.15) is 11.7 Å². The summed E-state index contributed by atoms with van der Waals surface area (Å²) in [7, 11) is 1.62. The minimum Gasteiger partial charge on any atom is -0.469 e. The van der Waals surface area contributed by atoms with Gasteiger partial charge in [-0.3, -0.25) is 0 Å². The highest BCUT2D eigenvalue weighted by Crippen LogP contribution is 2.37. The van der Waals surface area contributed by atoms with Crippen molar-refractivity contribution in [1.82, 2.24) is 5.32 Å². The van der Waals surface area contributed by atoms with Gasteiger partial charge < -0.3 is 9.73 Å². The number of nitrogens with one attached hydrogen (secondary N) is 1. The van der Waals surface area contributed by atoms with E-state index in [1.807, 2.05) is 0 Å². The van der Waals surface area contributed by atoms with Crippen LogP contribution in [0.15, 0.2) is 22.8 Å². The van der Waals surface area contributed by atoms with Gasteiger partial charge in [-0.25, -0.2) is 0 Å². The topological polar surface area (TPSA) is 25.2 Å². The van der Waals surface area contributed by atoms with Gasteiger partial charge in [-0.05, 0) is 32.1 Å². The summed E-state index contributed by atoms with van der Waals surface area (Å²) in [6, 6.07) is 2.82. The molecule has 0 saturated heterocycles. The summed E-state index contributed by atoms with van der Waals surface area (Å²) in [6.07, 6.45) is -2.99. The number of halogens is 3. The summed E-state index contributed by atoms with van der Waals surface area (Å²) in [5.41, 5.74) is 0. The van der Waals surface area contributed by atoms with Crippen LogP contribution in [0.5, 0.6) is 0 Å². The van der Waals surface area contributed by atoms with E-state index in [1.54, 1.807) is 7.05 Å². The van der Waals surface area contributed by atoms with Crippen LogP contribution in [-0.2, 0) is 0 Å². The Morgan fingerprint density at radius 1 is 1.50 bits per heavy atom. The van der Waals surface area contributed by atoms with Crippen LogP contribution >= 0.6 is 0 Å². The van der Waals surface area contributed by atoms with Gasteiger partial charge in [0.05, 0.1) is 6.26 Å². The van der Waals surface area contributed by atoms with Gasteiger partial charge in [0.15, 0.2) is 0 Å². The molecule has 0 aliphatic heterocycles. The molecule has 0 fully saturated rings. The van der Waals surface area contributed by atoms with Gasteiger partial charge in [0, 0.05) is 0 Å². The Kier molecular flexibility index (Phi) is 3.57. The van der Waals surface area contributed by atoms with Crippen molar-refractivity contribution in [2.24, 2.45) is 0 Å². The molecule has 80 valence electrons. The lowest BCUT2D eigenvalue weighted by Crippen LogP contribution is -2.24. The van der Waals surface area contributed by atoms with Crippen molar-refractivity contribution in [3.8, 4) is 0 Å². The maximum absolute atomic E-state index is 12.5. The molecule has 0 aliphatic carbocycles. The summed E-state index contributed by atoms with van der Waals surface area (Å²) in [5.74, 6) is -1.53. The molecule has 1 aromatic rings. The van der Waals surface area contributed by atoms with E-state index in [4.69, 9.17) is 4.42 Å². The third-order valence-corrected chi connectivity index (χ3v) is 1.96. The Morgan fingerprint density at radius 2 is 2.21 bits per heavy atom. The molecule has 0 amide bonds. The molecule has 0 spiro atoms. The van der Waals surface area contributed by atoms with Gasteiger partial charge in [-0.2, -0.15) is 13.2 Å². The second-order valence-corrected chi connectivity index (χ2v) is 3.00. The molecular weight excluding hydrogens is 195 g/mol. The Balaban J connectivity index is 2.73. The first-order valence-electron chi connectivity index (χ1n) is 4.30. The van der Waals surface area contributed by atoms with E-state index in [0.717, 1.165) is 0 Å². The molecule has 1 rings (SSSR count). The van der Waals surface area contributed by atoms with E-state index in [9.17, 15) is 13.2 Å². The highest BCUT2D eigenvalue weighted by atomic mass is 19.4. The summed E-state index contributed by atoms with van der Waals surface area (Å²) in [6.45, 7) is 0.310. The summed E-state index contributed by atoms with van der Waals surface area (Å²) >= 11 is 0. The zero-order chi connectivity index (χ0) is 10.6. The van der Waals surface area contributed by atoms with Crippen molar-refractivity contribution in [2.45, 2.75) is 18.5 Å². The summed E-state index contributed by atoms with van der Waals surface area (Å²) < 4.78 is 42.3. The summed E-state index contributed by atoms with van der Waals surface area (Å²) in [5, 5.41) is 2.69. The number of furan rings is 1. The van der Waals surface area contributed by atoms with Crippen LogP contribution in [0, 0.1) is 0 Å². The van der Waals surface area contributed by atoms with Crippen molar-refractivity contribution in [3.63, 3.8) is 0 Å². The van der Waals surface area contributed by atoms with Crippen molar-refractivity contribution in [3.05, 3.63) is 24.2 Å². The third-order valence-electron chi connectivity index (χ3n) is 1.96. The Bertz CT molecular complexity index is 256. The second-order valence-electron chi connectivity index (χ2n) is 3.00. The quantitative estimate of drug-likeness (QED) is 0.820. The Morgan fingerprint density at radius 3 is 2.64 bits per heavy atom. The lowest BCUT2D eigenvalue weighted by molar-refractivity contribution is -0.155. The van der Waals surface area contributed by atoms with Crippen molar-refractivity contribution >= 4 is 0 Å². The standard InChI is InChI=1S/C9H12F3NO/c1-13-5-4-7(9(10,11)12)8-3-2-6-14-8/h2-3,6-7,13H,4-5H2,1H3. The molecule has 0 radical (unpaired) electrons. The van der Waals surface area contributed by atoms with E-state index in [1.165, 1.54) is 18.4 Å². The molecule has 14 heavy (non-hydrogen) atoms. The van der Waals surface area contributed by atoms with E-state index >= 15 is 0 Å². The first-order chi connectivity index (χ1) is 6.55. The van der Waals surface area contributed by atoms with Gasteiger partial charge in [0.25, 0.3) is 0 Å². The fourth-order valence-corrected chi connectivity index (χ4v) is 1.25. The van der Waals surface area contributed by atoms with Crippen LogP contribution in [0.3, 0.4) is 0 Å². The highest BCUT2D eigenvalue weighted by Gasteiger charge is 2.41. The number of alkyl halides is 3. The van der Waals surface area contributed by atoms with Gasteiger partial charge in [-0.1, -0.05) is 0 Å². The van der Waals surface area contributed by atoms with Crippen molar-refractivity contribution in [2.75, 3.05) is 13.6 Å². The first kappa shape index (κ1) is 11.1. The monoisotopic (exact) mass is 207 g/mol. The average Bonchev–Trinajstić information content (AvgIpc) is 2.55. The zero-order valence-corrected chi connectivity index (χ0v) is 7.77. The first-order valence-corrected chi connectivity index (χ1v) is 4.30. The van der Waals surface area contributed by atoms with Crippen molar-refractivity contribution < 1.29 is 17.6 Å². The van der Waals surface area contributed by atoms with Gasteiger partial charge in [-0.15, -0.1) is 0 Å². The van der Waals surface area contributed by atoms with Crippen LogP contribution in [0.4, 0.5) is 13.2 Å². The molecule has 5 heteroatoms. The number of hydrogen-bond donors (Lipinski definition) is 1. The fourth-order valence-electron chi connectivity index (χ4n) is 1.25. The Hall–Kier alpha value is -0.970. The lowest BCUT2D eigenvalue weighted by atomic mass is 10.0. The molecule has 0 saturated carbocycles. The molecule has 1 heterocycles. The fraction of sp³-hybridized carbons (Fsp3) is 0.556. The van der Waals surface area contributed by atoms with E-state index in [2.05, 4.69) is 5.32 Å². The minimum absolute atomic E-state index is 0.00644. The van der Waals surface area contributed by atoms with Gasteiger partial charge >= 0.3 is 6.18 Å². The second kappa shape index (κ2) is 4.50. The largest absolute Gasteiger partial charge is 0.469 e. The van der Waals surface area contributed by atoms with E-state index < -0.39 is 12.1 Å². The highest BCUT2D eigenvalue weighted by molar-refractivity contribution is 5.07. The van der Waals surface area contributed by atoms with Crippen LogP contribution in [0.2, 0.25) is 0 Å². The van der Waals surface area contributed by atoms with Crippen LogP contribution < -0.4 is 5.32 Å².